The van der Waals surface area contributed by atoms with E-state index in [1.165, 1.54) is 0 Å². The molecule has 0 heterocycles. The van der Waals surface area contributed by atoms with Gasteiger partial charge in [0, 0.05) is 15.6 Å². The number of amidine groups is 1. The lowest BCUT2D eigenvalue weighted by Gasteiger charge is -2.09. The molecule has 0 bridgehead atoms. The van der Waals surface area contributed by atoms with Crippen molar-refractivity contribution in [2.45, 2.75) is 0 Å². The van der Waals surface area contributed by atoms with Gasteiger partial charge in [0.25, 0.3) is 0 Å². The summed E-state index contributed by atoms with van der Waals surface area (Å²) in [4.78, 5) is 0. The van der Waals surface area contributed by atoms with E-state index in [0.717, 1.165) is 0 Å². The second-order valence-corrected chi connectivity index (χ2v) is 5.56. The molecule has 2 aromatic rings. The van der Waals surface area contributed by atoms with Gasteiger partial charge in [-0.25, -0.2) is 0 Å². The summed E-state index contributed by atoms with van der Waals surface area (Å²) in [6, 6.07) is 9.95. The second-order valence-electron chi connectivity index (χ2n) is 3.84. The van der Waals surface area contributed by atoms with Crippen LogP contribution in [0, 0.1) is 0 Å². The summed E-state index contributed by atoms with van der Waals surface area (Å²) in [6.07, 6.45) is 0. The van der Waals surface area contributed by atoms with E-state index in [4.69, 9.17) is 38.9 Å². The van der Waals surface area contributed by atoms with Crippen LogP contribution in [0.3, 0.4) is 0 Å². The SMILES string of the molecule is N/C(=N/O)c1ccc(Oc2cc(Cl)cc(Cl)c2)c(Br)c1. The largest absolute Gasteiger partial charge is 0.456 e. The van der Waals surface area contributed by atoms with Crippen molar-refractivity contribution >= 4 is 45.0 Å². The summed E-state index contributed by atoms with van der Waals surface area (Å²) >= 11 is 15.2. The third-order valence-electron chi connectivity index (χ3n) is 2.40. The topological polar surface area (TPSA) is 67.8 Å². The first-order valence-corrected chi connectivity index (χ1v) is 6.96. The van der Waals surface area contributed by atoms with E-state index in [9.17, 15) is 0 Å². The van der Waals surface area contributed by atoms with Crippen LogP contribution in [0.1, 0.15) is 5.56 Å². The molecule has 20 heavy (non-hydrogen) atoms. The molecule has 0 amide bonds. The molecule has 0 aromatic heterocycles. The van der Waals surface area contributed by atoms with E-state index in [1.807, 2.05) is 0 Å². The van der Waals surface area contributed by atoms with E-state index < -0.39 is 0 Å². The van der Waals surface area contributed by atoms with Gasteiger partial charge in [-0.05, 0) is 52.3 Å². The van der Waals surface area contributed by atoms with Crippen molar-refractivity contribution in [2.24, 2.45) is 10.9 Å². The van der Waals surface area contributed by atoms with Crippen molar-refractivity contribution in [3.05, 3.63) is 56.5 Å². The number of halogens is 3. The summed E-state index contributed by atoms with van der Waals surface area (Å²) < 4.78 is 6.33. The Hall–Kier alpha value is -1.43. The maximum Gasteiger partial charge on any atom is 0.170 e. The Balaban J connectivity index is 2.30. The van der Waals surface area contributed by atoms with E-state index in [0.29, 0.717) is 31.6 Å². The highest BCUT2D eigenvalue weighted by atomic mass is 79.9. The minimum absolute atomic E-state index is 0.0167. The molecule has 2 rings (SSSR count). The fourth-order valence-corrected chi connectivity index (χ4v) is 2.48. The van der Waals surface area contributed by atoms with Gasteiger partial charge in [0.1, 0.15) is 11.5 Å². The van der Waals surface area contributed by atoms with Crippen LogP contribution < -0.4 is 10.5 Å². The van der Waals surface area contributed by atoms with Gasteiger partial charge in [0.05, 0.1) is 4.47 Å². The summed E-state index contributed by atoms with van der Waals surface area (Å²) in [5.74, 6) is 1.08. The lowest BCUT2D eigenvalue weighted by Crippen LogP contribution is -2.12. The first-order chi connectivity index (χ1) is 9.49. The zero-order valence-electron chi connectivity index (χ0n) is 9.98. The van der Waals surface area contributed by atoms with Crippen LogP contribution in [0.5, 0.6) is 11.5 Å². The van der Waals surface area contributed by atoms with E-state index >= 15 is 0 Å². The van der Waals surface area contributed by atoms with E-state index in [2.05, 4.69) is 21.1 Å². The molecular weight excluding hydrogens is 367 g/mol. The number of rotatable bonds is 3. The van der Waals surface area contributed by atoms with Gasteiger partial charge in [-0.1, -0.05) is 28.4 Å². The molecule has 0 aliphatic heterocycles. The fourth-order valence-electron chi connectivity index (χ4n) is 1.52. The van der Waals surface area contributed by atoms with Gasteiger partial charge in [0.15, 0.2) is 5.84 Å². The van der Waals surface area contributed by atoms with Crippen LogP contribution in [0.4, 0.5) is 0 Å². The molecule has 0 unspecified atom stereocenters. The predicted molar refractivity (Wildman–Crippen MR) is 83.2 cm³/mol. The highest BCUT2D eigenvalue weighted by Crippen LogP contribution is 2.33. The Kier molecular flexibility index (Phi) is 4.75. The van der Waals surface area contributed by atoms with Crippen molar-refractivity contribution < 1.29 is 9.94 Å². The number of nitrogens with zero attached hydrogens (tertiary/aromatic N) is 1. The third-order valence-corrected chi connectivity index (χ3v) is 3.46. The summed E-state index contributed by atoms with van der Waals surface area (Å²) in [7, 11) is 0. The Labute approximate surface area is 133 Å². The van der Waals surface area contributed by atoms with Gasteiger partial charge in [-0.15, -0.1) is 0 Å². The molecule has 104 valence electrons. The molecule has 0 saturated carbocycles. The number of nitrogens with two attached hydrogens (primary N) is 1. The maximum atomic E-state index is 8.63. The molecule has 2 aromatic carbocycles. The molecule has 0 radical (unpaired) electrons. The predicted octanol–water partition coefficient (Wildman–Crippen LogP) is 4.64. The Bertz CT molecular complexity index is 657. The van der Waals surface area contributed by atoms with Crippen molar-refractivity contribution in [2.75, 3.05) is 0 Å². The lowest BCUT2D eigenvalue weighted by molar-refractivity contribution is 0.318. The Morgan fingerprint density at radius 1 is 1.15 bits per heavy atom. The first-order valence-electron chi connectivity index (χ1n) is 5.41. The molecule has 4 nitrogen and oxygen atoms in total. The smallest absolute Gasteiger partial charge is 0.170 e. The first kappa shape index (κ1) is 15.0. The highest BCUT2D eigenvalue weighted by molar-refractivity contribution is 9.10. The Morgan fingerprint density at radius 3 is 2.35 bits per heavy atom. The van der Waals surface area contributed by atoms with Gasteiger partial charge >= 0.3 is 0 Å². The molecule has 0 aliphatic carbocycles. The molecule has 0 fully saturated rings. The summed E-state index contributed by atoms with van der Waals surface area (Å²) in [6.45, 7) is 0. The number of ether oxygens (including phenoxy) is 1. The Morgan fingerprint density at radius 2 is 1.80 bits per heavy atom. The van der Waals surface area contributed by atoms with Crippen LogP contribution in [0.25, 0.3) is 0 Å². The monoisotopic (exact) mass is 374 g/mol. The molecule has 0 saturated heterocycles. The number of hydrogen-bond donors (Lipinski definition) is 2. The number of hydrogen-bond acceptors (Lipinski definition) is 3. The van der Waals surface area contributed by atoms with E-state index in [1.54, 1.807) is 36.4 Å². The van der Waals surface area contributed by atoms with Crippen molar-refractivity contribution in [1.29, 1.82) is 0 Å². The van der Waals surface area contributed by atoms with Crippen LogP contribution >= 0.6 is 39.1 Å². The highest BCUT2D eigenvalue weighted by Gasteiger charge is 2.08. The van der Waals surface area contributed by atoms with E-state index in [-0.39, 0.29) is 5.84 Å². The van der Waals surface area contributed by atoms with Crippen LogP contribution in [-0.2, 0) is 0 Å². The third kappa shape index (κ3) is 3.56. The minimum Gasteiger partial charge on any atom is -0.456 e. The van der Waals surface area contributed by atoms with Crippen molar-refractivity contribution in [3.8, 4) is 11.5 Å². The fraction of sp³-hybridized carbons (Fsp3) is 0. The molecule has 3 N–H and O–H groups in total. The maximum absolute atomic E-state index is 8.63. The zero-order valence-corrected chi connectivity index (χ0v) is 13.1. The minimum atomic E-state index is 0.0167. The van der Waals surface area contributed by atoms with Gasteiger partial charge in [0.2, 0.25) is 0 Å². The lowest BCUT2D eigenvalue weighted by atomic mass is 10.2. The van der Waals surface area contributed by atoms with Gasteiger partial charge in [-0.2, -0.15) is 0 Å². The molecule has 0 spiro atoms. The standard InChI is InChI=1S/C13H9BrCl2N2O2/c14-11-3-7(13(17)18-19)1-2-12(11)20-10-5-8(15)4-9(16)6-10/h1-6,19H,(H2,17,18). The zero-order chi connectivity index (χ0) is 14.7. The molecular formula is C13H9BrCl2N2O2. The van der Waals surface area contributed by atoms with Gasteiger partial charge < -0.3 is 15.7 Å². The van der Waals surface area contributed by atoms with Crippen LogP contribution in [0.2, 0.25) is 10.0 Å². The normalized spacial score (nSPS) is 11.4. The molecule has 0 atom stereocenters. The summed E-state index contributed by atoms with van der Waals surface area (Å²) in [5, 5.41) is 12.5. The number of benzene rings is 2. The van der Waals surface area contributed by atoms with Crippen LogP contribution in [-0.4, -0.2) is 11.0 Å². The average Bonchev–Trinajstić information content (AvgIpc) is 2.39. The molecule has 0 aliphatic rings. The van der Waals surface area contributed by atoms with Gasteiger partial charge in [-0.3, -0.25) is 0 Å². The van der Waals surface area contributed by atoms with Crippen molar-refractivity contribution in [3.63, 3.8) is 0 Å². The number of oxime groups is 1. The molecule has 7 heteroatoms. The average molecular weight is 376 g/mol. The van der Waals surface area contributed by atoms with Crippen LogP contribution in [0.15, 0.2) is 46.0 Å². The second kappa shape index (κ2) is 6.35. The van der Waals surface area contributed by atoms with Crippen molar-refractivity contribution in [1.82, 2.24) is 0 Å². The quantitative estimate of drug-likeness (QED) is 0.355. The summed E-state index contributed by atoms with van der Waals surface area (Å²) in [5.41, 5.74) is 6.07.